The topological polar surface area (TPSA) is 87.1 Å². The van der Waals surface area contributed by atoms with Crippen molar-refractivity contribution in [2.24, 2.45) is 0 Å². The van der Waals surface area contributed by atoms with Gasteiger partial charge in [-0.25, -0.2) is 0 Å². The molecule has 0 amide bonds. The van der Waals surface area contributed by atoms with Crippen LogP contribution in [-0.4, -0.2) is 27.5 Å². The molecule has 0 bridgehead atoms. The minimum atomic E-state index is 0.430. The second-order valence-corrected chi connectivity index (χ2v) is 7.24. The molecule has 0 aliphatic heterocycles. The van der Waals surface area contributed by atoms with Gasteiger partial charge in [-0.3, -0.25) is 0 Å². The average Bonchev–Trinajstić information content (AvgIpc) is 3.37. The van der Waals surface area contributed by atoms with Crippen molar-refractivity contribution in [3.63, 3.8) is 0 Å². The normalized spacial score (nSPS) is 10.9. The van der Waals surface area contributed by atoms with Crippen molar-refractivity contribution in [1.82, 2.24) is 20.4 Å². The van der Waals surface area contributed by atoms with E-state index in [9.17, 15) is 0 Å². The first kappa shape index (κ1) is 17.7. The molecule has 4 rings (SSSR count). The van der Waals surface area contributed by atoms with E-state index in [1.54, 1.807) is 7.11 Å². The van der Waals surface area contributed by atoms with Gasteiger partial charge in [-0.2, -0.15) is 0 Å². The summed E-state index contributed by atoms with van der Waals surface area (Å²) in [7, 11) is 1.61. The number of thioether (sulfide) groups is 1. The molecule has 0 saturated carbocycles. The summed E-state index contributed by atoms with van der Waals surface area (Å²) in [6.45, 7) is 0. The predicted octanol–water partition coefficient (Wildman–Crippen LogP) is 4.85. The first-order chi connectivity index (χ1) is 13.2. The Bertz CT molecular complexity index is 1050. The number of methoxy groups -OCH3 is 1. The van der Waals surface area contributed by atoms with E-state index in [4.69, 9.17) is 13.6 Å². The molecule has 0 fully saturated rings. The zero-order valence-corrected chi connectivity index (χ0v) is 16.5. The summed E-state index contributed by atoms with van der Waals surface area (Å²) in [5, 5.41) is 16.7. The van der Waals surface area contributed by atoms with Crippen LogP contribution in [0.2, 0.25) is 0 Å². The molecule has 0 radical (unpaired) electrons. The van der Waals surface area contributed by atoms with E-state index in [-0.39, 0.29) is 0 Å². The highest BCUT2D eigenvalue weighted by atomic mass is 79.9. The van der Waals surface area contributed by atoms with Gasteiger partial charge in [0.2, 0.25) is 17.7 Å². The van der Waals surface area contributed by atoms with Gasteiger partial charge in [-0.05, 0) is 42.5 Å². The lowest BCUT2D eigenvalue weighted by atomic mass is 10.2. The van der Waals surface area contributed by atoms with Crippen molar-refractivity contribution < 1.29 is 13.6 Å². The van der Waals surface area contributed by atoms with Crippen LogP contribution in [0.5, 0.6) is 5.75 Å². The van der Waals surface area contributed by atoms with Gasteiger partial charge in [-0.1, -0.05) is 33.8 Å². The quantitative estimate of drug-likeness (QED) is 0.390. The maximum atomic E-state index is 5.70. The lowest BCUT2D eigenvalue weighted by molar-refractivity contribution is 0.414. The van der Waals surface area contributed by atoms with Crippen molar-refractivity contribution >= 4 is 27.7 Å². The largest absolute Gasteiger partial charge is 0.497 e. The Kier molecular flexibility index (Phi) is 5.21. The molecule has 0 atom stereocenters. The second-order valence-electron chi connectivity index (χ2n) is 5.40. The molecule has 0 aliphatic rings. The molecule has 0 unspecified atom stereocenters. The molecule has 0 N–H and O–H groups in total. The molecule has 2 aromatic carbocycles. The SMILES string of the molecule is COc1cccc(-c2nnc(CSc3nnc(-c4ccc(Br)cc4)o3)o2)c1. The van der Waals surface area contributed by atoms with Crippen LogP contribution >= 0.6 is 27.7 Å². The van der Waals surface area contributed by atoms with Gasteiger partial charge < -0.3 is 13.6 Å². The Hall–Kier alpha value is -2.65. The van der Waals surface area contributed by atoms with Gasteiger partial charge in [0.1, 0.15) is 5.75 Å². The van der Waals surface area contributed by atoms with Crippen LogP contribution in [-0.2, 0) is 5.75 Å². The number of aromatic nitrogens is 4. The van der Waals surface area contributed by atoms with Crippen LogP contribution in [0.1, 0.15) is 5.89 Å². The predicted molar refractivity (Wildman–Crippen MR) is 103 cm³/mol. The summed E-state index contributed by atoms with van der Waals surface area (Å²) >= 11 is 4.74. The monoisotopic (exact) mass is 444 g/mol. The molecule has 0 aliphatic carbocycles. The zero-order valence-electron chi connectivity index (χ0n) is 14.1. The molecule has 2 aromatic heterocycles. The van der Waals surface area contributed by atoms with Crippen LogP contribution in [0, 0.1) is 0 Å². The summed E-state index contributed by atoms with van der Waals surface area (Å²) in [5.41, 5.74) is 1.66. The maximum absolute atomic E-state index is 5.70. The molecule has 136 valence electrons. The third kappa shape index (κ3) is 4.20. The van der Waals surface area contributed by atoms with E-state index in [1.807, 2.05) is 48.5 Å². The molecule has 2 heterocycles. The second kappa shape index (κ2) is 7.93. The standard InChI is InChI=1S/C18H13BrN4O3S/c1-24-14-4-2-3-12(9-14)17-21-20-15(25-17)10-27-18-23-22-16(26-18)11-5-7-13(19)8-6-11/h2-9H,10H2,1H3. The molecule has 0 spiro atoms. The smallest absolute Gasteiger partial charge is 0.277 e. The fourth-order valence-corrected chi connectivity index (χ4v) is 3.15. The highest BCUT2D eigenvalue weighted by Gasteiger charge is 2.13. The van der Waals surface area contributed by atoms with Crippen molar-refractivity contribution in [1.29, 1.82) is 0 Å². The summed E-state index contributed by atoms with van der Waals surface area (Å²) in [4.78, 5) is 0. The molecule has 4 aromatic rings. The summed E-state index contributed by atoms with van der Waals surface area (Å²) < 4.78 is 17.6. The first-order valence-corrected chi connectivity index (χ1v) is 9.68. The Morgan fingerprint density at radius 1 is 0.926 bits per heavy atom. The van der Waals surface area contributed by atoms with Crippen LogP contribution in [0.4, 0.5) is 0 Å². The van der Waals surface area contributed by atoms with Gasteiger partial charge in [-0.15, -0.1) is 20.4 Å². The number of benzene rings is 2. The Labute approximate surface area is 167 Å². The van der Waals surface area contributed by atoms with Crippen LogP contribution in [0.15, 0.2) is 67.1 Å². The van der Waals surface area contributed by atoms with E-state index in [2.05, 4.69) is 36.3 Å². The zero-order chi connectivity index (χ0) is 18.6. The minimum absolute atomic E-state index is 0.430. The van der Waals surface area contributed by atoms with E-state index in [0.717, 1.165) is 21.3 Å². The van der Waals surface area contributed by atoms with E-state index in [0.29, 0.717) is 28.6 Å². The number of hydrogen-bond acceptors (Lipinski definition) is 8. The fraction of sp³-hybridized carbons (Fsp3) is 0.111. The minimum Gasteiger partial charge on any atom is -0.497 e. The Morgan fingerprint density at radius 2 is 1.70 bits per heavy atom. The van der Waals surface area contributed by atoms with Gasteiger partial charge in [0.15, 0.2) is 0 Å². The molecule has 0 saturated heterocycles. The van der Waals surface area contributed by atoms with Gasteiger partial charge in [0.05, 0.1) is 12.9 Å². The van der Waals surface area contributed by atoms with E-state index < -0.39 is 0 Å². The lowest BCUT2D eigenvalue weighted by Crippen LogP contribution is -1.83. The third-order valence-electron chi connectivity index (χ3n) is 3.60. The number of hydrogen-bond donors (Lipinski definition) is 0. The maximum Gasteiger partial charge on any atom is 0.277 e. The summed E-state index contributed by atoms with van der Waals surface area (Å²) in [5.74, 6) is 2.53. The molecule has 9 heteroatoms. The van der Waals surface area contributed by atoms with Gasteiger partial charge in [0, 0.05) is 15.6 Å². The number of nitrogens with zero attached hydrogens (tertiary/aromatic N) is 4. The Morgan fingerprint density at radius 3 is 2.52 bits per heavy atom. The van der Waals surface area contributed by atoms with Crippen LogP contribution in [0.3, 0.4) is 0 Å². The average molecular weight is 445 g/mol. The number of rotatable bonds is 6. The highest BCUT2D eigenvalue weighted by Crippen LogP contribution is 2.28. The van der Waals surface area contributed by atoms with E-state index in [1.165, 1.54) is 11.8 Å². The number of halogens is 1. The van der Waals surface area contributed by atoms with Crippen molar-refractivity contribution in [3.8, 4) is 28.7 Å². The van der Waals surface area contributed by atoms with Crippen LogP contribution in [0.25, 0.3) is 22.9 Å². The van der Waals surface area contributed by atoms with Crippen molar-refractivity contribution in [3.05, 3.63) is 58.9 Å². The first-order valence-electron chi connectivity index (χ1n) is 7.90. The van der Waals surface area contributed by atoms with Gasteiger partial charge >= 0.3 is 0 Å². The molecule has 27 heavy (non-hydrogen) atoms. The lowest BCUT2D eigenvalue weighted by Gasteiger charge is -2.00. The molecular weight excluding hydrogens is 432 g/mol. The third-order valence-corrected chi connectivity index (χ3v) is 4.93. The summed E-state index contributed by atoms with van der Waals surface area (Å²) in [6, 6.07) is 15.1. The fourth-order valence-electron chi connectivity index (χ4n) is 2.29. The number of ether oxygens (including phenoxy) is 1. The highest BCUT2D eigenvalue weighted by molar-refractivity contribution is 9.10. The van der Waals surface area contributed by atoms with Crippen LogP contribution < -0.4 is 4.74 Å². The van der Waals surface area contributed by atoms with E-state index >= 15 is 0 Å². The van der Waals surface area contributed by atoms with Crippen molar-refractivity contribution in [2.45, 2.75) is 11.0 Å². The van der Waals surface area contributed by atoms with Crippen molar-refractivity contribution in [2.75, 3.05) is 7.11 Å². The Balaban J connectivity index is 1.42. The molecule has 7 nitrogen and oxygen atoms in total. The molecular formula is C18H13BrN4O3S. The summed E-state index contributed by atoms with van der Waals surface area (Å²) in [6.07, 6.45) is 0. The van der Waals surface area contributed by atoms with Gasteiger partial charge in [0.25, 0.3) is 5.22 Å².